The van der Waals surface area contributed by atoms with Gasteiger partial charge >= 0.3 is 0 Å². The number of ether oxygens (including phenoxy) is 2. The summed E-state index contributed by atoms with van der Waals surface area (Å²) in [5.41, 5.74) is 8.60. The van der Waals surface area contributed by atoms with Crippen molar-refractivity contribution >= 4 is 56.2 Å². The highest BCUT2D eigenvalue weighted by molar-refractivity contribution is 6.36. The Kier molecular flexibility index (Phi) is 11.4. The van der Waals surface area contributed by atoms with Crippen molar-refractivity contribution in [1.29, 1.82) is 0 Å². The largest absolute Gasteiger partial charge is 0.378 e. The fourth-order valence-electron chi connectivity index (χ4n) is 7.29. The Balaban J connectivity index is 0.000000197. The van der Waals surface area contributed by atoms with Crippen LogP contribution in [0.5, 0.6) is 0 Å². The van der Waals surface area contributed by atoms with Crippen LogP contribution < -0.4 is 15.1 Å². The number of hydrogen-bond donors (Lipinski definition) is 1. The summed E-state index contributed by atoms with van der Waals surface area (Å²) >= 11 is 6.27. The number of pyridine rings is 4. The third-order valence-corrected chi connectivity index (χ3v) is 10.7. The molecule has 9 rings (SSSR count). The fraction of sp³-hybridized carbons (Fsp3) is 0.227. The number of nitrogens with one attached hydrogen (secondary N) is 1. The van der Waals surface area contributed by atoms with Crippen molar-refractivity contribution in [1.82, 2.24) is 19.9 Å². The first-order valence-corrected chi connectivity index (χ1v) is 19.1. The van der Waals surface area contributed by atoms with Gasteiger partial charge < -0.3 is 24.6 Å². The average Bonchev–Trinajstić information content (AvgIpc) is 3.24. The van der Waals surface area contributed by atoms with Gasteiger partial charge in [0, 0.05) is 66.2 Å². The zero-order valence-electron chi connectivity index (χ0n) is 31.7. The van der Waals surface area contributed by atoms with E-state index in [0.717, 1.165) is 60.7 Å². The van der Waals surface area contributed by atoms with Crippen LogP contribution in [-0.2, 0) is 9.47 Å². The highest BCUT2D eigenvalue weighted by Gasteiger charge is 2.22. The number of hydrogen-bond acceptors (Lipinski definition) is 9. The van der Waals surface area contributed by atoms with E-state index < -0.39 is 11.6 Å². The maximum absolute atomic E-state index is 14.5. The third-order valence-electron chi connectivity index (χ3n) is 10.2. The first-order valence-electron chi connectivity index (χ1n) is 18.8. The first kappa shape index (κ1) is 39.0. The number of anilines is 4. The van der Waals surface area contributed by atoms with Crippen LogP contribution in [0.15, 0.2) is 91.5 Å². The van der Waals surface area contributed by atoms with Gasteiger partial charge in [0.05, 0.1) is 83.3 Å². The Morgan fingerprint density at radius 2 is 1.12 bits per heavy atom. The topological polar surface area (TPSA) is 88.5 Å². The van der Waals surface area contributed by atoms with Crippen molar-refractivity contribution in [2.45, 2.75) is 13.8 Å². The number of morpholine rings is 2. The molecule has 7 aromatic rings. The molecule has 4 aromatic heterocycles. The lowest BCUT2D eigenvalue weighted by atomic mass is 10.0. The Bertz CT molecular complexity index is 2640. The quantitative estimate of drug-likeness (QED) is 0.165. The molecule has 1 N–H and O–H groups in total. The lowest BCUT2D eigenvalue weighted by molar-refractivity contribution is 0.122. The molecule has 0 saturated carbocycles. The van der Waals surface area contributed by atoms with Gasteiger partial charge in [-0.1, -0.05) is 11.6 Å². The van der Waals surface area contributed by atoms with E-state index in [1.54, 1.807) is 25.3 Å². The number of benzene rings is 3. The van der Waals surface area contributed by atoms with Crippen LogP contribution in [0.4, 0.5) is 40.3 Å². The number of nitrogens with zero attached hydrogens (tertiary/aromatic N) is 6. The predicted molar refractivity (Wildman–Crippen MR) is 220 cm³/mol. The van der Waals surface area contributed by atoms with Crippen LogP contribution in [0.1, 0.15) is 11.1 Å². The van der Waals surface area contributed by atoms with Gasteiger partial charge in [-0.25, -0.2) is 27.5 Å². The number of aromatic nitrogens is 4. The van der Waals surface area contributed by atoms with Crippen molar-refractivity contribution in [3.05, 3.63) is 131 Å². The van der Waals surface area contributed by atoms with Gasteiger partial charge in [-0.3, -0.25) is 9.97 Å². The summed E-state index contributed by atoms with van der Waals surface area (Å²) < 4.78 is 66.3. The van der Waals surface area contributed by atoms with Crippen LogP contribution >= 0.6 is 11.6 Å². The van der Waals surface area contributed by atoms with E-state index in [4.69, 9.17) is 26.1 Å². The van der Waals surface area contributed by atoms with E-state index in [9.17, 15) is 17.6 Å². The highest BCUT2D eigenvalue weighted by Crippen LogP contribution is 2.40. The van der Waals surface area contributed by atoms with Gasteiger partial charge in [0.25, 0.3) is 0 Å². The molecule has 0 atom stereocenters. The summed E-state index contributed by atoms with van der Waals surface area (Å²) in [4.78, 5) is 21.6. The smallest absolute Gasteiger partial charge is 0.142 e. The minimum Gasteiger partial charge on any atom is -0.378 e. The molecule has 58 heavy (non-hydrogen) atoms. The van der Waals surface area contributed by atoms with Gasteiger partial charge in [0.2, 0.25) is 0 Å². The van der Waals surface area contributed by atoms with E-state index in [2.05, 4.69) is 48.3 Å². The number of fused-ring (bicyclic) bond motifs is 2. The van der Waals surface area contributed by atoms with Crippen molar-refractivity contribution < 1.29 is 27.0 Å². The Morgan fingerprint density at radius 3 is 1.71 bits per heavy atom. The molecule has 0 spiro atoms. The summed E-state index contributed by atoms with van der Waals surface area (Å²) in [5.74, 6) is -1.61. The molecule has 14 heteroatoms. The van der Waals surface area contributed by atoms with Gasteiger partial charge in [0.15, 0.2) is 0 Å². The second kappa shape index (κ2) is 16.9. The number of rotatable bonds is 6. The van der Waals surface area contributed by atoms with Crippen molar-refractivity contribution in [2.24, 2.45) is 0 Å². The predicted octanol–water partition coefficient (Wildman–Crippen LogP) is 9.84. The van der Waals surface area contributed by atoms with Crippen LogP contribution in [0.2, 0.25) is 5.02 Å². The van der Waals surface area contributed by atoms with E-state index >= 15 is 0 Å². The lowest BCUT2D eigenvalue weighted by Crippen LogP contribution is -2.37. The minimum absolute atomic E-state index is 0.350. The Labute approximate surface area is 337 Å². The summed E-state index contributed by atoms with van der Waals surface area (Å²) in [6.07, 6.45) is 5.40. The molecule has 0 amide bonds. The average molecular weight is 808 g/mol. The first-order chi connectivity index (χ1) is 28.1. The molecule has 6 heterocycles. The Hall–Kier alpha value is -5.89. The van der Waals surface area contributed by atoms with E-state index in [0.29, 0.717) is 81.3 Å². The Morgan fingerprint density at radius 1 is 0.586 bits per heavy atom. The second-order valence-corrected chi connectivity index (χ2v) is 14.4. The van der Waals surface area contributed by atoms with Crippen LogP contribution in [0, 0.1) is 37.1 Å². The van der Waals surface area contributed by atoms with Crippen LogP contribution in [-0.4, -0.2) is 72.5 Å². The molecule has 0 unspecified atom stereocenters. The molecule has 0 aliphatic carbocycles. The molecule has 296 valence electrons. The van der Waals surface area contributed by atoms with E-state index in [1.165, 1.54) is 48.8 Å². The monoisotopic (exact) mass is 807 g/mol. The standard InChI is InChI=1S/C29H29F2N5O2.C15H9ClF2N2/c1-19-28(20-14-22(31)18-32-17-20)33-25-4-2-21(30)15-24(25)29(19)34-26-16-23(35-6-10-37-11-7-35)3-5-27(26)36-8-12-38-13-9-36;1-8-14(16)12-5-10(17)2-3-13(12)20-15(8)9-4-11(18)7-19-6-9/h2-5,14-18H,6-13H2,1H3,(H,33,34);2-7H,1H3. The zero-order chi connectivity index (χ0) is 40.3. The maximum atomic E-state index is 14.5. The van der Waals surface area contributed by atoms with Crippen molar-refractivity contribution in [3.63, 3.8) is 0 Å². The molecular weight excluding hydrogens is 770 g/mol. The van der Waals surface area contributed by atoms with Crippen molar-refractivity contribution in [2.75, 3.05) is 67.7 Å². The second-order valence-electron chi connectivity index (χ2n) is 14.0. The molecule has 2 fully saturated rings. The maximum Gasteiger partial charge on any atom is 0.142 e. The van der Waals surface area contributed by atoms with E-state index in [-0.39, 0.29) is 11.6 Å². The van der Waals surface area contributed by atoms with Crippen LogP contribution in [0.25, 0.3) is 44.3 Å². The molecule has 0 bridgehead atoms. The SMILES string of the molecule is Cc1c(-c2cncc(F)c2)nc2ccc(F)cc2c1Cl.Cc1c(-c2cncc(F)c2)nc2ccc(F)cc2c1Nc1cc(N2CCOCC2)ccc1N1CCOCC1. The molecule has 2 aliphatic heterocycles. The van der Waals surface area contributed by atoms with Gasteiger partial charge in [-0.2, -0.15) is 0 Å². The number of halogens is 5. The molecule has 2 aliphatic rings. The lowest BCUT2D eigenvalue weighted by Gasteiger charge is -2.33. The van der Waals surface area contributed by atoms with Crippen LogP contribution in [0.3, 0.4) is 0 Å². The van der Waals surface area contributed by atoms with Crippen molar-refractivity contribution in [3.8, 4) is 22.5 Å². The molecule has 9 nitrogen and oxygen atoms in total. The summed E-state index contributed by atoms with van der Waals surface area (Å²) in [6, 6.07) is 17.9. The van der Waals surface area contributed by atoms with E-state index in [1.807, 2.05) is 6.92 Å². The summed E-state index contributed by atoms with van der Waals surface area (Å²) in [7, 11) is 0. The molecule has 2 saturated heterocycles. The fourth-order valence-corrected chi connectivity index (χ4v) is 7.53. The normalized spacial score (nSPS) is 14.4. The van der Waals surface area contributed by atoms with Gasteiger partial charge in [0.1, 0.15) is 23.3 Å². The zero-order valence-corrected chi connectivity index (χ0v) is 32.5. The summed E-state index contributed by atoms with van der Waals surface area (Å²) in [6.45, 7) is 9.55. The minimum atomic E-state index is -0.445. The van der Waals surface area contributed by atoms with Gasteiger partial charge in [-0.05, 0) is 91.7 Å². The molecule has 0 radical (unpaired) electrons. The third kappa shape index (κ3) is 8.24. The molecule has 3 aromatic carbocycles. The molecular formula is C44H38ClF4N7O2. The highest BCUT2D eigenvalue weighted by atomic mass is 35.5. The summed E-state index contributed by atoms with van der Waals surface area (Å²) in [5, 5.41) is 5.25. The van der Waals surface area contributed by atoms with Gasteiger partial charge in [-0.15, -0.1) is 0 Å².